The van der Waals surface area contributed by atoms with E-state index in [1.165, 1.54) is 0 Å². The minimum atomic E-state index is -2.70. The van der Waals surface area contributed by atoms with Crippen LogP contribution in [0.1, 0.15) is 12.1 Å². The van der Waals surface area contributed by atoms with Crippen LogP contribution in [0.3, 0.4) is 0 Å². The van der Waals surface area contributed by atoms with Crippen LogP contribution in [-0.2, 0) is 0 Å². The number of halogens is 3. The van der Waals surface area contributed by atoms with Gasteiger partial charge >= 0.3 is 0 Å². The fourth-order valence-corrected chi connectivity index (χ4v) is 1.10. The molecule has 0 aliphatic carbocycles. The van der Waals surface area contributed by atoms with Crippen molar-refractivity contribution < 1.29 is 8.78 Å². The molecule has 0 saturated carbocycles. The number of H-pyrrole nitrogens is 1. The van der Waals surface area contributed by atoms with Crippen LogP contribution < -0.4 is 11.2 Å². The van der Waals surface area contributed by atoms with Crippen molar-refractivity contribution in [1.82, 2.24) is 4.98 Å². The summed E-state index contributed by atoms with van der Waals surface area (Å²) in [5.74, 6) is 0. The van der Waals surface area contributed by atoms with Crippen LogP contribution in [0, 0.1) is 0 Å². The van der Waals surface area contributed by atoms with Crippen LogP contribution in [0.2, 0.25) is 0 Å². The van der Waals surface area contributed by atoms with Crippen molar-refractivity contribution in [3.8, 4) is 0 Å². The Kier molecular flexibility index (Phi) is 2.46. The quantitative estimate of drug-likeness (QED) is 0.732. The monoisotopic (exact) mass is 238 g/mol. The van der Waals surface area contributed by atoms with Crippen LogP contribution in [0.25, 0.3) is 0 Å². The number of alkyl halides is 2. The predicted octanol–water partition coefficient (Wildman–Crippen LogP) is 1.66. The van der Waals surface area contributed by atoms with E-state index in [-0.39, 0.29) is 10.3 Å². The third kappa shape index (κ3) is 1.63. The molecule has 1 aromatic rings. The lowest BCUT2D eigenvalue weighted by Crippen LogP contribution is -2.11. The van der Waals surface area contributed by atoms with Gasteiger partial charge < -0.3 is 10.7 Å². The van der Waals surface area contributed by atoms with Gasteiger partial charge in [0.25, 0.3) is 6.43 Å². The Morgan fingerprint density at radius 3 is 2.58 bits per heavy atom. The first-order valence-electron chi connectivity index (χ1n) is 2.98. The molecule has 12 heavy (non-hydrogen) atoms. The SMILES string of the molecule is Nc1c(Br)[nH]c(C(F)F)cc1=O. The van der Waals surface area contributed by atoms with Crippen LogP contribution >= 0.6 is 15.9 Å². The summed E-state index contributed by atoms with van der Waals surface area (Å²) in [7, 11) is 0. The first-order chi connectivity index (χ1) is 5.52. The van der Waals surface area contributed by atoms with Crippen molar-refractivity contribution in [3.05, 3.63) is 26.6 Å². The van der Waals surface area contributed by atoms with Crippen molar-refractivity contribution in [1.29, 1.82) is 0 Å². The summed E-state index contributed by atoms with van der Waals surface area (Å²) in [4.78, 5) is 13.1. The van der Waals surface area contributed by atoms with Gasteiger partial charge in [-0.1, -0.05) is 0 Å². The van der Waals surface area contributed by atoms with Gasteiger partial charge in [0.05, 0.1) is 5.69 Å². The molecule has 3 N–H and O–H groups in total. The smallest absolute Gasteiger partial charge is 0.278 e. The number of nitrogens with two attached hydrogens (primary N) is 1. The summed E-state index contributed by atoms with van der Waals surface area (Å²) < 4.78 is 24.1. The van der Waals surface area contributed by atoms with Gasteiger partial charge in [-0.25, -0.2) is 8.78 Å². The van der Waals surface area contributed by atoms with Crippen molar-refractivity contribution >= 4 is 21.6 Å². The standard InChI is InChI=1S/C6H5BrF2N2O/c7-5-4(10)3(12)1-2(11-5)6(8)9/h1,6H,10H2,(H,11,12). The van der Waals surface area contributed by atoms with Gasteiger partial charge in [-0.05, 0) is 15.9 Å². The van der Waals surface area contributed by atoms with E-state index in [0.29, 0.717) is 0 Å². The molecule has 0 amide bonds. The Hall–Kier alpha value is -0.910. The Labute approximate surface area is 74.7 Å². The fourth-order valence-electron chi connectivity index (χ4n) is 0.675. The normalized spacial score (nSPS) is 10.7. The first kappa shape index (κ1) is 9.18. The molecule has 6 heteroatoms. The van der Waals surface area contributed by atoms with Crippen LogP contribution in [0.15, 0.2) is 15.5 Å². The Balaban J connectivity index is 3.31. The Morgan fingerprint density at radius 2 is 2.17 bits per heavy atom. The number of rotatable bonds is 1. The maximum Gasteiger partial charge on any atom is 0.278 e. The third-order valence-electron chi connectivity index (χ3n) is 1.28. The lowest BCUT2D eigenvalue weighted by molar-refractivity contribution is 0.146. The van der Waals surface area contributed by atoms with Crippen LogP contribution in [-0.4, -0.2) is 4.98 Å². The summed E-state index contributed by atoms with van der Waals surface area (Å²) in [6, 6.07) is 0.782. The average molecular weight is 239 g/mol. The molecule has 0 aliphatic rings. The number of nitrogens with one attached hydrogen (secondary N) is 1. The van der Waals surface area contributed by atoms with Gasteiger partial charge in [-0.2, -0.15) is 0 Å². The average Bonchev–Trinajstić information content (AvgIpc) is 1.99. The molecule has 0 saturated heterocycles. The summed E-state index contributed by atoms with van der Waals surface area (Å²) in [5.41, 5.74) is 4.06. The van der Waals surface area contributed by atoms with Crippen molar-refractivity contribution in [2.45, 2.75) is 6.43 Å². The number of nitrogen functional groups attached to an aromatic ring is 1. The number of hydrogen-bond acceptors (Lipinski definition) is 2. The second-order valence-corrected chi connectivity index (χ2v) is 2.91. The Morgan fingerprint density at radius 1 is 1.58 bits per heavy atom. The molecule has 1 aromatic heterocycles. The van der Waals surface area contributed by atoms with E-state index < -0.39 is 17.5 Å². The molecule has 0 unspecified atom stereocenters. The van der Waals surface area contributed by atoms with Crippen molar-refractivity contribution in [2.75, 3.05) is 5.73 Å². The van der Waals surface area contributed by atoms with Crippen molar-refractivity contribution in [3.63, 3.8) is 0 Å². The molecule has 0 fully saturated rings. The van der Waals surface area contributed by atoms with E-state index in [0.717, 1.165) is 6.07 Å². The van der Waals surface area contributed by atoms with E-state index in [9.17, 15) is 13.6 Å². The van der Waals surface area contributed by atoms with Crippen LogP contribution in [0.4, 0.5) is 14.5 Å². The molecule has 0 aliphatic heterocycles. The van der Waals surface area contributed by atoms with E-state index in [4.69, 9.17) is 5.73 Å². The molecular formula is C6H5BrF2N2O. The number of pyridine rings is 1. The lowest BCUT2D eigenvalue weighted by Gasteiger charge is -2.02. The highest BCUT2D eigenvalue weighted by atomic mass is 79.9. The van der Waals surface area contributed by atoms with Crippen molar-refractivity contribution in [2.24, 2.45) is 0 Å². The van der Waals surface area contributed by atoms with Crippen LogP contribution in [0.5, 0.6) is 0 Å². The van der Waals surface area contributed by atoms with Gasteiger partial charge in [-0.3, -0.25) is 4.79 Å². The van der Waals surface area contributed by atoms with Gasteiger partial charge in [0, 0.05) is 6.07 Å². The van der Waals surface area contributed by atoms with Gasteiger partial charge in [0.2, 0.25) is 5.43 Å². The summed E-state index contributed by atoms with van der Waals surface area (Å²) in [5, 5.41) is 0. The molecular weight excluding hydrogens is 234 g/mol. The molecule has 0 atom stereocenters. The zero-order valence-electron chi connectivity index (χ0n) is 5.77. The van der Waals surface area contributed by atoms with E-state index in [2.05, 4.69) is 20.9 Å². The van der Waals surface area contributed by atoms with E-state index >= 15 is 0 Å². The number of aromatic amines is 1. The van der Waals surface area contributed by atoms with Gasteiger partial charge in [0.15, 0.2) is 0 Å². The highest BCUT2D eigenvalue weighted by Gasteiger charge is 2.11. The molecule has 0 aromatic carbocycles. The lowest BCUT2D eigenvalue weighted by atomic mass is 10.3. The summed E-state index contributed by atoms with van der Waals surface area (Å²) in [6.45, 7) is 0. The summed E-state index contributed by atoms with van der Waals surface area (Å²) in [6.07, 6.45) is -2.70. The highest BCUT2D eigenvalue weighted by molar-refractivity contribution is 9.10. The molecule has 0 radical (unpaired) electrons. The minimum Gasteiger partial charge on any atom is -0.393 e. The summed E-state index contributed by atoms with van der Waals surface area (Å²) >= 11 is 2.85. The molecule has 1 heterocycles. The zero-order valence-corrected chi connectivity index (χ0v) is 7.36. The maximum atomic E-state index is 12.0. The minimum absolute atomic E-state index is 0.0882. The Bertz CT molecular complexity index is 350. The largest absolute Gasteiger partial charge is 0.393 e. The third-order valence-corrected chi connectivity index (χ3v) is 1.90. The second-order valence-electron chi connectivity index (χ2n) is 2.12. The second kappa shape index (κ2) is 3.22. The molecule has 0 spiro atoms. The number of aromatic nitrogens is 1. The van der Waals surface area contributed by atoms with E-state index in [1.807, 2.05) is 0 Å². The topological polar surface area (TPSA) is 58.9 Å². The molecule has 0 bridgehead atoms. The molecule has 66 valence electrons. The molecule has 1 rings (SSSR count). The zero-order chi connectivity index (χ0) is 9.30. The number of hydrogen-bond donors (Lipinski definition) is 2. The first-order valence-corrected chi connectivity index (χ1v) is 3.78. The predicted molar refractivity (Wildman–Crippen MR) is 44.1 cm³/mol. The molecule has 3 nitrogen and oxygen atoms in total. The fraction of sp³-hybridized carbons (Fsp3) is 0.167. The highest BCUT2D eigenvalue weighted by Crippen LogP contribution is 2.19. The van der Waals surface area contributed by atoms with Gasteiger partial charge in [-0.15, -0.1) is 0 Å². The van der Waals surface area contributed by atoms with Gasteiger partial charge in [0.1, 0.15) is 10.3 Å². The maximum absolute atomic E-state index is 12.0. The number of anilines is 1. The van der Waals surface area contributed by atoms with E-state index in [1.54, 1.807) is 0 Å².